The molecule has 1 unspecified atom stereocenters. The summed E-state index contributed by atoms with van der Waals surface area (Å²) in [5, 5.41) is 3.44. The number of pyridine rings is 1. The zero-order chi connectivity index (χ0) is 15.4. The minimum atomic E-state index is -1.35. The number of hydrogen-bond acceptors (Lipinski definition) is 5. The number of hydrogen-bond donors (Lipinski definition) is 2. The first kappa shape index (κ1) is 14.9. The van der Waals surface area contributed by atoms with Crippen LogP contribution in [0.1, 0.15) is 12.6 Å². The molecule has 1 aromatic carbocycles. The molecular formula is C15H17N3O3. The number of amides is 1. The Morgan fingerprint density at radius 1 is 1.38 bits per heavy atom. The van der Waals surface area contributed by atoms with Crippen molar-refractivity contribution >= 4 is 28.5 Å². The number of aryl methyl sites for hydroxylation is 1. The van der Waals surface area contributed by atoms with Gasteiger partial charge < -0.3 is 15.8 Å². The summed E-state index contributed by atoms with van der Waals surface area (Å²) >= 11 is 0. The van der Waals surface area contributed by atoms with Crippen LogP contribution in [-0.4, -0.2) is 29.5 Å². The van der Waals surface area contributed by atoms with E-state index >= 15 is 0 Å². The minimum Gasteiger partial charge on any atom is -0.464 e. The number of rotatable bonds is 4. The van der Waals surface area contributed by atoms with Crippen LogP contribution in [0.15, 0.2) is 30.3 Å². The molecule has 0 saturated heterocycles. The quantitative estimate of drug-likeness (QED) is 0.654. The van der Waals surface area contributed by atoms with E-state index < -0.39 is 17.9 Å². The Balaban J connectivity index is 2.27. The first-order valence-corrected chi connectivity index (χ1v) is 6.62. The standard InChI is InChI=1S/C15H17N3O3/c1-3-21-15(20)13(16)14(19)18-12-8-9(2)17-11-7-5-4-6-10(11)12/h4-8,13H,3,16H2,1-2H3,(H,17,18,19). The number of ether oxygens (including phenoxy) is 1. The molecule has 2 aromatic rings. The second kappa shape index (κ2) is 6.32. The minimum absolute atomic E-state index is 0.178. The fourth-order valence-electron chi connectivity index (χ4n) is 1.96. The second-order valence-corrected chi connectivity index (χ2v) is 4.55. The molecule has 110 valence electrons. The van der Waals surface area contributed by atoms with Gasteiger partial charge in [-0.2, -0.15) is 0 Å². The summed E-state index contributed by atoms with van der Waals surface area (Å²) in [5.41, 5.74) is 7.67. The van der Waals surface area contributed by atoms with Crippen LogP contribution in [0.25, 0.3) is 10.9 Å². The Bertz CT molecular complexity index is 685. The first-order valence-electron chi connectivity index (χ1n) is 6.62. The van der Waals surface area contributed by atoms with Gasteiger partial charge in [0.05, 0.1) is 17.8 Å². The van der Waals surface area contributed by atoms with E-state index in [0.29, 0.717) is 5.69 Å². The van der Waals surface area contributed by atoms with Crippen molar-refractivity contribution in [3.05, 3.63) is 36.0 Å². The van der Waals surface area contributed by atoms with Gasteiger partial charge in [0.1, 0.15) is 0 Å². The van der Waals surface area contributed by atoms with Gasteiger partial charge in [0, 0.05) is 11.1 Å². The van der Waals surface area contributed by atoms with Crippen molar-refractivity contribution in [2.45, 2.75) is 19.9 Å². The molecule has 0 bridgehead atoms. The summed E-state index contributed by atoms with van der Waals surface area (Å²) in [6, 6.07) is 7.79. The summed E-state index contributed by atoms with van der Waals surface area (Å²) < 4.78 is 4.74. The molecule has 0 spiro atoms. The maximum absolute atomic E-state index is 12.0. The number of esters is 1. The van der Waals surface area contributed by atoms with E-state index in [-0.39, 0.29) is 6.61 Å². The van der Waals surface area contributed by atoms with Gasteiger partial charge in [0.2, 0.25) is 0 Å². The highest BCUT2D eigenvalue weighted by Crippen LogP contribution is 2.22. The van der Waals surface area contributed by atoms with Gasteiger partial charge in [-0.05, 0) is 26.0 Å². The van der Waals surface area contributed by atoms with E-state index in [9.17, 15) is 9.59 Å². The number of anilines is 1. The summed E-state index contributed by atoms with van der Waals surface area (Å²) in [5.74, 6) is -1.35. The number of nitrogens with two attached hydrogens (primary N) is 1. The number of fused-ring (bicyclic) bond motifs is 1. The van der Waals surface area contributed by atoms with Gasteiger partial charge >= 0.3 is 5.97 Å². The second-order valence-electron chi connectivity index (χ2n) is 4.55. The van der Waals surface area contributed by atoms with Crippen molar-refractivity contribution in [2.24, 2.45) is 5.73 Å². The zero-order valence-electron chi connectivity index (χ0n) is 11.9. The highest BCUT2D eigenvalue weighted by Gasteiger charge is 2.24. The van der Waals surface area contributed by atoms with E-state index in [0.717, 1.165) is 16.6 Å². The van der Waals surface area contributed by atoms with Crippen molar-refractivity contribution in [3.8, 4) is 0 Å². The molecule has 6 nitrogen and oxygen atoms in total. The van der Waals surface area contributed by atoms with Crippen LogP contribution in [0.3, 0.4) is 0 Å². The topological polar surface area (TPSA) is 94.3 Å². The highest BCUT2D eigenvalue weighted by atomic mass is 16.5. The maximum atomic E-state index is 12.0. The lowest BCUT2D eigenvalue weighted by Gasteiger charge is -2.13. The normalized spacial score (nSPS) is 12.0. The van der Waals surface area contributed by atoms with Crippen molar-refractivity contribution in [1.29, 1.82) is 0 Å². The van der Waals surface area contributed by atoms with E-state index in [4.69, 9.17) is 10.5 Å². The van der Waals surface area contributed by atoms with Crippen LogP contribution in [0.2, 0.25) is 0 Å². The lowest BCUT2D eigenvalue weighted by Crippen LogP contribution is -2.43. The third kappa shape index (κ3) is 3.35. The largest absolute Gasteiger partial charge is 0.464 e. The molecule has 21 heavy (non-hydrogen) atoms. The average molecular weight is 287 g/mol. The molecule has 0 aliphatic heterocycles. The van der Waals surface area contributed by atoms with Gasteiger partial charge in [0.15, 0.2) is 6.04 Å². The molecular weight excluding hydrogens is 270 g/mol. The van der Waals surface area contributed by atoms with Crippen LogP contribution < -0.4 is 11.1 Å². The molecule has 1 amide bonds. The molecule has 1 atom stereocenters. The maximum Gasteiger partial charge on any atom is 0.332 e. The number of aromatic nitrogens is 1. The smallest absolute Gasteiger partial charge is 0.332 e. The zero-order valence-corrected chi connectivity index (χ0v) is 11.9. The number of nitrogens with zero attached hydrogens (tertiary/aromatic N) is 1. The number of nitrogens with one attached hydrogen (secondary N) is 1. The Kier molecular flexibility index (Phi) is 4.49. The molecule has 1 heterocycles. The Morgan fingerprint density at radius 2 is 2.10 bits per heavy atom. The average Bonchev–Trinajstić information content (AvgIpc) is 2.46. The Morgan fingerprint density at radius 3 is 2.81 bits per heavy atom. The molecule has 3 N–H and O–H groups in total. The predicted molar refractivity (Wildman–Crippen MR) is 79.7 cm³/mol. The number of para-hydroxylation sites is 1. The third-order valence-corrected chi connectivity index (χ3v) is 2.93. The molecule has 1 aromatic heterocycles. The number of carbonyl (C=O) groups excluding carboxylic acids is 2. The molecule has 0 aliphatic carbocycles. The monoisotopic (exact) mass is 287 g/mol. The van der Waals surface area contributed by atoms with Gasteiger partial charge in [-0.25, -0.2) is 4.79 Å². The summed E-state index contributed by atoms with van der Waals surface area (Å²) in [4.78, 5) is 27.9. The number of carbonyl (C=O) groups is 2. The van der Waals surface area contributed by atoms with Gasteiger partial charge in [-0.1, -0.05) is 18.2 Å². The van der Waals surface area contributed by atoms with Crippen molar-refractivity contribution in [3.63, 3.8) is 0 Å². The summed E-state index contributed by atoms with van der Waals surface area (Å²) in [6.45, 7) is 3.66. The number of benzene rings is 1. The predicted octanol–water partition coefficient (Wildman–Crippen LogP) is 1.37. The lowest BCUT2D eigenvalue weighted by molar-refractivity contribution is -0.146. The molecule has 0 aliphatic rings. The molecule has 0 saturated carbocycles. The fourth-order valence-corrected chi connectivity index (χ4v) is 1.96. The third-order valence-electron chi connectivity index (χ3n) is 2.93. The van der Waals surface area contributed by atoms with E-state index in [1.165, 1.54) is 0 Å². The van der Waals surface area contributed by atoms with E-state index in [2.05, 4.69) is 10.3 Å². The molecule has 6 heteroatoms. The lowest BCUT2D eigenvalue weighted by atomic mass is 10.1. The van der Waals surface area contributed by atoms with Crippen molar-refractivity contribution in [2.75, 3.05) is 11.9 Å². The molecule has 2 rings (SSSR count). The molecule has 0 fully saturated rings. The fraction of sp³-hybridized carbons (Fsp3) is 0.267. The van der Waals surface area contributed by atoms with Crippen LogP contribution in [0, 0.1) is 6.92 Å². The van der Waals surface area contributed by atoms with E-state index in [1.807, 2.05) is 31.2 Å². The van der Waals surface area contributed by atoms with E-state index in [1.54, 1.807) is 13.0 Å². The Hall–Kier alpha value is -2.47. The van der Waals surface area contributed by atoms with Crippen molar-refractivity contribution < 1.29 is 14.3 Å². The summed E-state index contributed by atoms with van der Waals surface area (Å²) in [7, 11) is 0. The van der Waals surface area contributed by atoms with Crippen LogP contribution in [0.4, 0.5) is 5.69 Å². The van der Waals surface area contributed by atoms with Gasteiger partial charge in [-0.15, -0.1) is 0 Å². The SMILES string of the molecule is CCOC(=O)C(N)C(=O)Nc1cc(C)nc2ccccc12. The molecule has 0 radical (unpaired) electrons. The summed E-state index contributed by atoms with van der Waals surface area (Å²) in [6.07, 6.45) is 0. The van der Waals surface area contributed by atoms with Crippen molar-refractivity contribution in [1.82, 2.24) is 4.98 Å². The van der Waals surface area contributed by atoms with Gasteiger partial charge in [-0.3, -0.25) is 9.78 Å². The van der Waals surface area contributed by atoms with Gasteiger partial charge in [0.25, 0.3) is 5.91 Å². The van der Waals surface area contributed by atoms with Crippen LogP contribution >= 0.6 is 0 Å². The van der Waals surface area contributed by atoms with Crippen LogP contribution in [-0.2, 0) is 14.3 Å². The highest BCUT2D eigenvalue weighted by molar-refractivity contribution is 6.11. The Labute approximate surface area is 122 Å². The van der Waals surface area contributed by atoms with Crippen LogP contribution in [0.5, 0.6) is 0 Å². The first-order chi connectivity index (χ1) is 10.0.